The number of benzene rings is 2. The van der Waals surface area contributed by atoms with Crippen molar-refractivity contribution >= 4 is 32.7 Å². The number of anilines is 1. The Morgan fingerprint density at radius 1 is 1.03 bits per heavy atom. The summed E-state index contributed by atoms with van der Waals surface area (Å²) in [4.78, 5) is 29.7. The number of amides is 1. The molecule has 1 amide bonds. The third-order valence-corrected chi connectivity index (χ3v) is 7.62. The molecule has 9 heteroatoms. The first-order chi connectivity index (χ1) is 14.2. The van der Waals surface area contributed by atoms with Gasteiger partial charge in [0.05, 0.1) is 15.9 Å². The molecule has 30 heavy (non-hydrogen) atoms. The third kappa shape index (κ3) is 3.90. The zero-order valence-corrected chi connectivity index (χ0v) is 17.7. The molecule has 0 aliphatic carbocycles. The standard InChI is InChI=1S/C21H24N4O4S/c1-13-3-6-19(14(2)11-13)30(28,29)25-9-7-15(8-10-25)20(26)22-16-4-5-17-18(12-16)24-21(27)23-17/h3-6,11-12,15H,7-10H2,1-2H3,(H,22,26)(H2,23,24,27). The number of imidazole rings is 1. The van der Waals surface area contributed by atoms with Gasteiger partial charge in [0.1, 0.15) is 0 Å². The lowest BCUT2D eigenvalue weighted by molar-refractivity contribution is -0.120. The Bertz CT molecular complexity index is 1270. The molecular weight excluding hydrogens is 404 g/mol. The lowest BCUT2D eigenvalue weighted by Crippen LogP contribution is -2.41. The number of rotatable bonds is 4. The molecule has 1 aliphatic heterocycles. The van der Waals surface area contributed by atoms with Gasteiger partial charge in [-0.05, 0) is 56.5 Å². The van der Waals surface area contributed by atoms with Crippen molar-refractivity contribution in [3.05, 3.63) is 58.0 Å². The highest BCUT2D eigenvalue weighted by Gasteiger charge is 2.32. The summed E-state index contributed by atoms with van der Waals surface area (Å²) in [5.41, 5.74) is 3.32. The number of aromatic nitrogens is 2. The number of sulfonamides is 1. The molecule has 4 rings (SSSR count). The maximum absolute atomic E-state index is 13.0. The van der Waals surface area contributed by atoms with Gasteiger partial charge in [0.2, 0.25) is 15.9 Å². The number of aryl methyl sites for hydroxylation is 2. The predicted octanol–water partition coefficient (Wildman–Crippen LogP) is 2.51. The van der Waals surface area contributed by atoms with Gasteiger partial charge in [0, 0.05) is 24.7 Å². The van der Waals surface area contributed by atoms with Crippen LogP contribution in [0.25, 0.3) is 11.0 Å². The molecule has 1 fully saturated rings. The molecule has 1 saturated heterocycles. The summed E-state index contributed by atoms with van der Waals surface area (Å²) in [6.45, 7) is 4.34. The van der Waals surface area contributed by atoms with Gasteiger partial charge in [-0.25, -0.2) is 13.2 Å². The number of fused-ring (bicyclic) bond motifs is 1. The monoisotopic (exact) mass is 428 g/mol. The Hall–Kier alpha value is -2.91. The lowest BCUT2D eigenvalue weighted by atomic mass is 9.97. The molecule has 3 N–H and O–H groups in total. The van der Waals surface area contributed by atoms with Crippen LogP contribution in [-0.4, -0.2) is 41.7 Å². The van der Waals surface area contributed by atoms with Crippen LogP contribution in [0.1, 0.15) is 24.0 Å². The summed E-state index contributed by atoms with van der Waals surface area (Å²) in [5, 5.41) is 2.87. The Labute approximate surface area is 174 Å². The number of H-pyrrole nitrogens is 2. The Morgan fingerprint density at radius 2 is 1.73 bits per heavy atom. The quantitative estimate of drug-likeness (QED) is 0.592. The molecule has 0 radical (unpaired) electrons. The first-order valence-electron chi connectivity index (χ1n) is 9.84. The van der Waals surface area contributed by atoms with Gasteiger partial charge in [-0.1, -0.05) is 17.7 Å². The van der Waals surface area contributed by atoms with Gasteiger partial charge in [0.15, 0.2) is 0 Å². The second kappa shape index (κ2) is 7.73. The van der Waals surface area contributed by atoms with Crippen molar-refractivity contribution in [1.82, 2.24) is 14.3 Å². The predicted molar refractivity (Wildman–Crippen MR) is 115 cm³/mol. The first-order valence-corrected chi connectivity index (χ1v) is 11.3. The van der Waals surface area contributed by atoms with Gasteiger partial charge < -0.3 is 15.3 Å². The van der Waals surface area contributed by atoms with Crippen molar-refractivity contribution in [1.29, 1.82) is 0 Å². The highest BCUT2D eigenvalue weighted by molar-refractivity contribution is 7.89. The van der Waals surface area contributed by atoms with Gasteiger partial charge in [-0.3, -0.25) is 4.79 Å². The molecule has 0 bridgehead atoms. The minimum atomic E-state index is -3.58. The van der Waals surface area contributed by atoms with E-state index in [0.29, 0.717) is 47.5 Å². The summed E-state index contributed by atoms with van der Waals surface area (Å²) in [7, 11) is -3.58. The number of hydrogen-bond acceptors (Lipinski definition) is 4. The number of piperidine rings is 1. The van der Waals surface area contributed by atoms with E-state index in [0.717, 1.165) is 11.1 Å². The number of carbonyl (C=O) groups excluding carboxylic acids is 1. The molecule has 1 aliphatic rings. The third-order valence-electron chi connectivity index (χ3n) is 5.56. The summed E-state index contributed by atoms with van der Waals surface area (Å²) >= 11 is 0. The van der Waals surface area contributed by atoms with E-state index in [2.05, 4.69) is 15.3 Å². The van der Waals surface area contributed by atoms with Crippen molar-refractivity contribution in [2.75, 3.05) is 18.4 Å². The second-order valence-corrected chi connectivity index (χ2v) is 9.68. The molecule has 2 aromatic carbocycles. The number of hydrogen-bond donors (Lipinski definition) is 3. The molecular formula is C21H24N4O4S. The van der Waals surface area contributed by atoms with E-state index < -0.39 is 10.0 Å². The molecule has 0 spiro atoms. The molecule has 0 unspecified atom stereocenters. The van der Waals surface area contributed by atoms with Crippen molar-refractivity contribution in [3.63, 3.8) is 0 Å². The SMILES string of the molecule is Cc1ccc(S(=O)(=O)N2CCC(C(=O)Nc3ccc4[nH]c(=O)[nH]c4c3)CC2)c(C)c1. The highest BCUT2D eigenvalue weighted by Crippen LogP contribution is 2.27. The molecule has 2 heterocycles. The number of carbonyl (C=O) groups is 1. The summed E-state index contributed by atoms with van der Waals surface area (Å²) in [6.07, 6.45) is 0.915. The Balaban J connectivity index is 1.41. The Kier molecular flexibility index (Phi) is 5.25. The summed E-state index contributed by atoms with van der Waals surface area (Å²) < 4.78 is 27.5. The van der Waals surface area contributed by atoms with Crippen LogP contribution < -0.4 is 11.0 Å². The average Bonchev–Trinajstić information content (AvgIpc) is 3.07. The summed E-state index contributed by atoms with van der Waals surface area (Å²) in [5.74, 6) is -0.410. The van der Waals surface area contributed by atoms with Crippen LogP contribution in [-0.2, 0) is 14.8 Å². The second-order valence-electron chi connectivity index (χ2n) is 7.78. The minimum Gasteiger partial charge on any atom is -0.326 e. The maximum Gasteiger partial charge on any atom is 0.323 e. The largest absolute Gasteiger partial charge is 0.326 e. The van der Waals surface area contributed by atoms with E-state index in [1.165, 1.54) is 4.31 Å². The molecule has 1 aromatic heterocycles. The molecule has 8 nitrogen and oxygen atoms in total. The molecule has 0 saturated carbocycles. The fourth-order valence-electron chi connectivity index (χ4n) is 3.94. The topological polar surface area (TPSA) is 115 Å². The zero-order chi connectivity index (χ0) is 21.5. The fraction of sp³-hybridized carbons (Fsp3) is 0.333. The van der Waals surface area contributed by atoms with Crippen molar-refractivity contribution in [3.8, 4) is 0 Å². The molecule has 0 atom stereocenters. The van der Waals surface area contributed by atoms with Gasteiger partial charge >= 0.3 is 5.69 Å². The highest BCUT2D eigenvalue weighted by atomic mass is 32.2. The minimum absolute atomic E-state index is 0.143. The van der Waals surface area contributed by atoms with Crippen LogP contribution in [0.5, 0.6) is 0 Å². The van der Waals surface area contributed by atoms with Gasteiger partial charge in [-0.2, -0.15) is 4.31 Å². The first kappa shape index (κ1) is 20.4. The van der Waals surface area contributed by atoms with Crippen molar-refractivity contribution < 1.29 is 13.2 Å². The van der Waals surface area contributed by atoms with Crippen LogP contribution in [0.3, 0.4) is 0 Å². The van der Waals surface area contributed by atoms with E-state index in [1.54, 1.807) is 37.3 Å². The zero-order valence-electron chi connectivity index (χ0n) is 16.9. The van der Waals surface area contributed by atoms with Crippen LogP contribution >= 0.6 is 0 Å². The number of nitrogens with zero attached hydrogens (tertiary/aromatic N) is 1. The molecule has 158 valence electrons. The van der Waals surface area contributed by atoms with E-state index in [1.807, 2.05) is 13.0 Å². The summed E-state index contributed by atoms with van der Waals surface area (Å²) in [6, 6.07) is 10.5. The lowest BCUT2D eigenvalue weighted by Gasteiger charge is -2.31. The smallest absolute Gasteiger partial charge is 0.323 e. The van der Waals surface area contributed by atoms with Gasteiger partial charge in [-0.15, -0.1) is 0 Å². The molecule has 3 aromatic rings. The van der Waals surface area contributed by atoms with Crippen LogP contribution in [0, 0.1) is 19.8 Å². The van der Waals surface area contributed by atoms with Crippen LogP contribution in [0.2, 0.25) is 0 Å². The fourth-order valence-corrected chi connectivity index (χ4v) is 5.62. The van der Waals surface area contributed by atoms with E-state index >= 15 is 0 Å². The van der Waals surface area contributed by atoms with Crippen molar-refractivity contribution in [2.45, 2.75) is 31.6 Å². The Morgan fingerprint density at radius 3 is 2.43 bits per heavy atom. The maximum atomic E-state index is 13.0. The van der Waals surface area contributed by atoms with Crippen LogP contribution in [0.4, 0.5) is 5.69 Å². The normalized spacial score (nSPS) is 16.1. The number of nitrogens with one attached hydrogen (secondary N) is 3. The van der Waals surface area contributed by atoms with E-state index in [9.17, 15) is 18.0 Å². The van der Waals surface area contributed by atoms with E-state index in [4.69, 9.17) is 0 Å². The van der Waals surface area contributed by atoms with Crippen molar-refractivity contribution in [2.24, 2.45) is 5.92 Å². The van der Waals surface area contributed by atoms with E-state index in [-0.39, 0.29) is 17.5 Å². The number of aromatic amines is 2. The van der Waals surface area contributed by atoms with Gasteiger partial charge in [0.25, 0.3) is 0 Å². The van der Waals surface area contributed by atoms with Crippen LogP contribution in [0.15, 0.2) is 46.1 Å². The average molecular weight is 429 g/mol.